The predicted molar refractivity (Wildman–Crippen MR) is 103 cm³/mol. The van der Waals surface area contributed by atoms with E-state index in [1.54, 1.807) is 0 Å². The van der Waals surface area contributed by atoms with Crippen LogP contribution in [0.5, 0.6) is 0 Å². The van der Waals surface area contributed by atoms with Crippen LogP contribution in [0.25, 0.3) is 0 Å². The average Bonchev–Trinajstić information content (AvgIpc) is 3.27. The molecular weight excluding hydrogens is 393 g/mol. The molecule has 116 valence electrons. The van der Waals surface area contributed by atoms with Crippen LogP contribution >= 0.6 is 35.7 Å². The summed E-state index contributed by atoms with van der Waals surface area (Å²) >= 11 is 2.00. The molecule has 2 aliphatic rings. The molecule has 1 heterocycles. The second-order valence-electron chi connectivity index (χ2n) is 5.94. The number of hydrogen-bond donors (Lipinski definition) is 1. The zero-order chi connectivity index (χ0) is 13.8. The molecule has 2 fully saturated rings. The molecule has 1 saturated heterocycles. The van der Waals surface area contributed by atoms with Crippen molar-refractivity contribution < 1.29 is 0 Å². The smallest absolute Gasteiger partial charge is 0.191 e. The number of benzene rings is 1. The first-order valence-electron chi connectivity index (χ1n) is 7.44. The van der Waals surface area contributed by atoms with Crippen LogP contribution in [0.3, 0.4) is 0 Å². The Bertz CT molecular complexity index is 468. The Kier molecular flexibility index (Phi) is 6.22. The molecule has 1 aliphatic heterocycles. The summed E-state index contributed by atoms with van der Waals surface area (Å²) in [7, 11) is 0. The van der Waals surface area contributed by atoms with Crippen LogP contribution in [0.15, 0.2) is 35.3 Å². The van der Waals surface area contributed by atoms with Gasteiger partial charge in [0.1, 0.15) is 0 Å². The Morgan fingerprint density at radius 3 is 2.48 bits per heavy atom. The first kappa shape index (κ1) is 16.9. The highest BCUT2D eigenvalue weighted by Gasteiger charge is 2.42. The lowest BCUT2D eigenvalue weighted by atomic mass is 9.97. The van der Waals surface area contributed by atoms with Gasteiger partial charge in [-0.25, -0.2) is 0 Å². The van der Waals surface area contributed by atoms with Crippen LogP contribution in [0.1, 0.15) is 18.4 Å². The molecule has 21 heavy (non-hydrogen) atoms. The summed E-state index contributed by atoms with van der Waals surface area (Å²) in [6.45, 7) is 2.98. The van der Waals surface area contributed by atoms with Gasteiger partial charge in [0.15, 0.2) is 5.96 Å². The van der Waals surface area contributed by atoms with Gasteiger partial charge in [-0.05, 0) is 30.2 Å². The third-order valence-electron chi connectivity index (χ3n) is 4.29. The van der Waals surface area contributed by atoms with Gasteiger partial charge in [0.2, 0.25) is 0 Å². The Morgan fingerprint density at radius 2 is 1.86 bits per heavy atom. The Labute approximate surface area is 148 Å². The first-order valence-corrected chi connectivity index (χ1v) is 8.60. The van der Waals surface area contributed by atoms with E-state index in [2.05, 4.69) is 40.2 Å². The van der Waals surface area contributed by atoms with E-state index in [4.69, 9.17) is 5.73 Å². The molecule has 0 atom stereocenters. The molecule has 3 nitrogen and oxygen atoms in total. The molecule has 0 aromatic heterocycles. The number of guanidine groups is 1. The number of nitrogens with zero attached hydrogens (tertiary/aromatic N) is 2. The fourth-order valence-corrected chi connectivity index (χ4v) is 3.64. The normalized spacial score (nSPS) is 20.8. The van der Waals surface area contributed by atoms with E-state index in [-0.39, 0.29) is 24.0 Å². The van der Waals surface area contributed by atoms with Gasteiger partial charge in [-0.2, -0.15) is 11.8 Å². The van der Waals surface area contributed by atoms with Gasteiger partial charge in [0.25, 0.3) is 0 Å². The zero-order valence-corrected chi connectivity index (χ0v) is 15.5. The standard InChI is InChI=1S/C16H23N3S.HI/c17-15(19-8-10-20-11-9-19)18-13-16(6-7-16)12-14-4-2-1-3-5-14;/h1-5H,6-13H2,(H2,17,18);1H. The second-order valence-corrected chi connectivity index (χ2v) is 7.16. The van der Waals surface area contributed by atoms with Crippen molar-refractivity contribution in [2.75, 3.05) is 31.1 Å². The molecule has 2 N–H and O–H groups in total. The van der Waals surface area contributed by atoms with E-state index in [9.17, 15) is 0 Å². The lowest BCUT2D eigenvalue weighted by Crippen LogP contribution is -2.43. The number of hydrogen-bond acceptors (Lipinski definition) is 2. The van der Waals surface area contributed by atoms with Crippen molar-refractivity contribution in [3.8, 4) is 0 Å². The highest BCUT2D eigenvalue weighted by molar-refractivity contribution is 14.0. The minimum atomic E-state index is 0. The Balaban J connectivity index is 0.00000161. The topological polar surface area (TPSA) is 41.6 Å². The summed E-state index contributed by atoms with van der Waals surface area (Å²) in [6.07, 6.45) is 3.71. The number of aliphatic imine (C=N–C) groups is 1. The molecule has 5 heteroatoms. The lowest BCUT2D eigenvalue weighted by Gasteiger charge is -2.27. The van der Waals surface area contributed by atoms with Gasteiger partial charge in [-0.1, -0.05) is 30.3 Å². The van der Waals surface area contributed by atoms with Crippen molar-refractivity contribution in [1.82, 2.24) is 4.90 Å². The maximum absolute atomic E-state index is 6.14. The van der Waals surface area contributed by atoms with Crippen LogP contribution < -0.4 is 5.73 Å². The number of nitrogens with two attached hydrogens (primary N) is 1. The van der Waals surface area contributed by atoms with Crippen molar-refractivity contribution >= 4 is 41.7 Å². The van der Waals surface area contributed by atoms with Crippen molar-refractivity contribution in [3.05, 3.63) is 35.9 Å². The monoisotopic (exact) mass is 417 g/mol. The van der Waals surface area contributed by atoms with Gasteiger partial charge < -0.3 is 10.6 Å². The summed E-state index contributed by atoms with van der Waals surface area (Å²) in [6, 6.07) is 10.8. The van der Waals surface area contributed by atoms with E-state index in [0.717, 1.165) is 32.0 Å². The maximum Gasteiger partial charge on any atom is 0.191 e. The molecule has 1 aromatic carbocycles. The van der Waals surface area contributed by atoms with Crippen molar-refractivity contribution in [1.29, 1.82) is 0 Å². The summed E-state index contributed by atoms with van der Waals surface area (Å²) in [5.74, 6) is 3.10. The number of rotatable bonds is 4. The summed E-state index contributed by atoms with van der Waals surface area (Å²) in [5.41, 5.74) is 7.95. The quantitative estimate of drug-likeness (QED) is 0.465. The molecule has 3 rings (SSSR count). The van der Waals surface area contributed by atoms with Crippen LogP contribution in [-0.2, 0) is 6.42 Å². The molecule has 1 aromatic rings. The van der Waals surface area contributed by atoms with Gasteiger partial charge in [-0.15, -0.1) is 24.0 Å². The highest BCUT2D eigenvalue weighted by Crippen LogP contribution is 2.48. The Hall–Kier alpha value is -0.430. The predicted octanol–water partition coefficient (Wildman–Crippen LogP) is 2.99. The largest absolute Gasteiger partial charge is 0.370 e. The average molecular weight is 417 g/mol. The van der Waals surface area contributed by atoms with E-state index in [1.807, 2.05) is 11.8 Å². The van der Waals surface area contributed by atoms with Gasteiger partial charge in [0.05, 0.1) is 0 Å². The SMILES string of the molecule is I.NC(=NCC1(Cc2ccccc2)CC1)N1CCSCC1. The van der Waals surface area contributed by atoms with E-state index in [0.29, 0.717) is 5.41 Å². The fraction of sp³-hybridized carbons (Fsp3) is 0.562. The summed E-state index contributed by atoms with van der Waals surface area (Å²) in [4.78, 5) is 6.92. The minimum absolute atomic E-state index is 0. The third kappa shape index (κ3) is 4.77. The van der Waals surface area contributed by atoms with E-state index < -0.39 is 0 Å². The van der Waals surface area contributed by atoms with Crippen LogP contribution in [0.4, 0.5) is 0 Å². The van der Waals surface area contributed by atoms with Gasteiger partial charge in [-0.3, -0.25) is 4.99 Å². The zero-order valence-electron chi connectivity index (χ0n) is 12.3. The van der Waals surface area contributed by atoms with Crippen LogP contribution in [0, 0.1) is 5.41 Å². The number of thioether (sulfide) groups is 1. The van der Waals surface area contributed by atoms with E-state index in [1.165, 1.54) is 29.9 Å². The molecule has 0 spiro atoms. The van der Waals surface area contributed by atoms with Crippen LogP contribution in [0.2, 0.25) is 0 Å². The van der Waals surface area contributed by atoms with Crippen LogP contribution in [-0.4, -0.2) is 42.0 Å². The van der Waals surface area contributed by atoms with Gasteiger partial charge in [0, 0.05) is 31.1 Å². The fourth-order valence-electron chi connectivity index (χ4n) is 2.74. The molecule has 0 unspecified atom stereocenters. The third-order valence-corrected chi connectivity index (χ3v) is 5.23. The first-order chi connectivity index (χ1) is 9.77. The second kappa shape index (κ2) is 7.72. The molecule has 0 radical (unpaired) electrons. The molecule has 0 amide bonds. The summed E-state index contributed by atoms with van der Waals surface area (Å²) in [5, 5.41) is 0. The summed E-state index contributed by atoms with van der Waals surface area (Å²) < 4.78 is 0. The van der Waals surface area contributed by atoms with E-state index >= 15 is 0 Å². The van der Waals surface area contributed by atoms with Crippen molar-refractivity contribution in [2.45, 2.75) is 19.3 Å². The molecule has 1 saturated carbocycles. The minimum Gasteiger partial charge on any atom is -0.370 e. The maximum atomic E-state index is 6.14. The molecule has 0 bridgehead atoms. The molecule has 1 aliphatic carbocycles. The Morgan fingerprint density at radius 1 is 1.19 bits per heavy atom. The highest BCUT2D eigenvalue weighted by atomic mass is 127. The molecular formula is C16H24IN3S. The van der Waals surface area contributed by atoms with Crippen molar-refractivity contribution in [2.24, 2.45) is 16.1 Å². The van der Waals surface area contributed by atoms with Gasteiger partial charge >= 0.3 is 0 Å². The number of halogens is 1. The lowest BCUT2D eigenvalue weighted by molar-refractivity contribution is 0.448. The van der Waals surface area contributed by atoms with Crippen molar-refractivity contribution in [3.63, 3.8) is 0 Å².